The summed E-state index contributed by atoms with van der Waals surface area (Å²) in [6.45, 7) is 0. The van der Waals surface area contributed by atoms with Gasteiger partial charge in [-0.05, 0) is 59.7 Å². The third-order valence-corrected chi connectivity index (χ3v) is 8.16. The Bertz CT molecular complexity index is 2360. The number of fused-ring (bicyclic) bond motifs is 6. The Morgan fingerprint density at radius 2 is 0.682 bits per heavy atom. The first-order chi connectivity index (χ1) is 21.8. The van der Waals surface area contributed by atoms with Gasteiger partial charge in [-0.3, -0.25) is 0 Å². The Kier molecular flexibility index (Phi) is 5.43. The molecule has 0 radical (unpaired) electrons. The molecule has 3 heterocycles. The fourth-order valence-electron chi connectivity index (χ4n) is 5.94. The first-order valence-corrected chi connectivity index (χ1v) is 14.5. The molecule has 0 saturated carbocycles. The van der Waals surface area contributed by atoms with E-state index in [0.29, 0.717) is 17.5 Å². The van der Waals surface area contributed by atoms with Gasteiger partial charge in [-0.2, -0.15) is 0 Å². The highest BCUT2D eigenvalue weighted by atomic mass is 16.3. The van der Waals surface area contributed by atoms with E-state index in [0.717, 1.165) is 71.7 Å². The fourth-order valence-corrected chi connectivity index (χ4v) is 5.94. The molecule has 44 heavy (non-hydrogen) atoms. The molecule has 5 nitrogen and oxygen atoms in total. The zero-order valence-electron chi connectivity index (χ0n) is 23.4. The first-order valence-electron chi connectivity index (χ1n) is 14.5. The zero-order valence-corrected chi connectivity index (χ0v) is 23.4. The maximum atomic E-state index is 6.08. The number of hydrogen-bond donors (Lipinski definition) is 0. The molecule has 0 aliphatic heterocycles. The van der Waals surface area contributed by atoms with Crippen LogP contribution in [-0.2, 0) is 0 Å². The van der Waals surface area contributed by atoms with Gasteiger partial charge in [-0.25, -0.2) is 15.0 Å². The van der Waals surface area contributed by atoms with Crippen molar-refractivity contribution in [3.63, 3.8) is 0 Å². The molecule has 0 unspecified atom stereocenters. The van der Waals surface area contributed by atoms with Crippen LogP contribution in [0.15, 0.2) is 148 Å². The molecule has 0 aliphatic rings. The second-order valence-electron chi connectivity index (χ2n) is 10.9. The van der Waals surface area contributed by atoms with E-state index in [1.54, 1.807) is 0 Å². The van der Waals surface area contributed by atoms with Crippen LogP contribution in [0.4, 0.5) is 0 Å². The Morgan fingerprint density at radius 1 is 0.295 bits per heavy atom. The summed E-state index contributed by atoms with van der Waals surface area (Å²) in [7, 11) is 0. The number of benzene rings is 6. The topological polar surface area (TPSA) is 65.0 Å². The summed E-state index contributed by atoms with van der Waals surface area (Å²) in [6.07, 6.45) is 0. The standard InChI is InChI=1S/C39H23N3O2/c1-2-8-24(9-3-1)25-14-16-26(17-15-25)37-40-38(27-18-20-35-31(22-27)29-10-4-6-12-33(29)43-35)42-39(41-37)28-19-21-36-32(23-28)30-11-5-7-13-34(30)44-36/h1-23H. The van der Waals surface area contributed by atoms with E-state index in [2.05, 4.69) is 60.7 Å². The largest absolute Gasteiger partial charge is 0.456 e. The number of para-hydroxylation sites is 2. The lowest BCUT2D eigenvalue weighted by atomic mass is 10.0. The molecular formula is C39H23N3O2. The van der Waals surface area contributed by atoms with Gasteiger partial charge in [0.2, 0.25) is 0 Å². The molecule has 206 valence electrons. The monoisotopic (exact) mass is 565 g/mol. The highest BCUT2D eigenvalue weighted by Gasteiger charge is 2.16. The van der Waals surface area contributed by atoms with Gasteiger partial charge in [0.05, 0.1) is 0 Å². The first kappa shape index (κ1) is 24.5. The lowest BCUT2D eigenvalue weighted by Gasteiger charge is -2.09. The summed E-state index contributed by atoms with van der Waals surface area (Å²) in [5.41, 5.74) is 8.38. The van der Waals surface area contributed by atoms with Crippen LogP contribution in [-0.4, -0.2) is 15.0 Å². The molecule has 3 aromatic heterocycles. The molecule has 0 spiro atoms. The van der Waals surface area contributed by atoms with Crippen molar-refractivity contribution in [3.05, 3.63) is 140 Å². The van der Waals surface area contributed by atoms with E-state index in [1.807, 2.05) is 78.9 Å². The Labute approximate surface area is 252 Å². The van der Waals surface area contributed by atoms with Crippen LogP contribution in [0.2, 0.25) is 0 Å². The van der Waals surface area contributed by atoms with Crippen molar-refractivity contribution in [1.82, 2.24) is 15.0 Å². The van der Waals surface area contributed by atoms with Crippen molar-refractivity contribution in [2.24, 2.45) is 0 Å². The summed E-state index contributed by atoms with van der Waals surface area (Å²) in [4.78, 5) is 15.0. The predicted octanol–water partition coefficient (Wildman–Crippen LogP) is 10.3. The van der Waals surface area contributed by atoms with Crippen molar-refractivity contribution < 1.29 is 8.83 Å². The van der Waals surface area contributed by atoms with Gasteiger partial charge in [-0.1, -0.05) is 91.0 Å². The average Bonchev–Trinajstić information content (AvgIpc) is 3.66. The van der Waals surface area contributed by atoms with E-state index in [-0.39, 0.29) is 0 Å². The van der Waals surface area contributed by atoms with Gasteiger partial charge >= 0.3 is 0 Å². The van der Waals surface area contributed by atoms with E-state index < -0.39 is 0 Å². The minimum Gasteiger partial charge on any atom is -0.456 e. The molecule has 9 aromatic rings. The number of aromatic nitrogens is 3. The highest BCUT2D eigenvalue weighted by Crippen LogP contribution is 2.35. The maximum Gasteiger partial charge on any atom is 0.164 e. The molecule has 0 N–H and O–H groups in total. The van der Waals surface area contributed by atoms with Gasteiger partial charge in [0.25, 0.3) is 0 Å². The summed E-state index contributed by atoms with van der Waals surface area (Å²) in [5, 5.41) is 4.18. The van der Waals surface area contributed by atoms with Crippen LogP contribution >= 0.6 is 0 Å². The second-order valence-corrected chi connectivity index (χ2v) is 10.9. The summed E-state index contributed by atoms with van der Waals surface area (Å²) < 4.78 is 12.2. The van der Waals surface area contributed by atoms with Crippen LogP contribution < -0.4 is 0 Å². The second kappa shape index (κ2) is 9.75. The normalized spacial score (nSPS) is 11.6. The summed E-state index contributed by atoms with van der Waals surface area (Å²) >= 11 is 0. The molecule has 9 rings (SSSR count). The minimum absolute atomic E-state index is 0.599. The molecule has 0 bridgehead atoms. The molecule has 0 atom stereocenters. The molecular weight excluding hydrogens is 542 g/mol. The number of furan rings is 2. The minimum atomic E-state index is 0.599. The van der Waals surface area contributed by atoms with Crippen molar-refractivity contribution in [1.29, 1.82) is 0 Å². The molecule has 0 aliphatic carbocycles. The van der Waals surface area contributed by atoms with E-state index in [1.165, 1.54) is 0 Å². The van der Waals surface area contributed by atoms with Crippen LogP contribution in [0.3, 0.4) is 0 Å². The zero-order chi connectivity index (χ0) is 29.0. The summed E-state index contributed by atoms with van der Waals surface area (Å²) in [6, 6.07) is 47.1. The molecule has 0 saturated heterocycles. The molecule has 0 amide bonds. The predicted molar refractivity (Wildman–Crippen MR) is 176 cm³/mol. The Balaban J connectivity index is 1.23. The van der Waals surface area contributed by atoms with Gasteiger partial charge in [0.1, 0.15) is 22.3 Å². The molecule has 5 heteroatoms. The van der Waals surface area contributed by atoms with Crippen molar-refractivity contribution in [2.75, 3.05) is 0 Å². The van der Waals surface area contributed by atoms with Gasteiger partial charge < -0.3 is 8.83 Å². The van der Waals surface area contributed by atoms with Crippen molar-refractivity contribution in [2.45, 2.75) is 0 Å². The quantitative estimate of drug-likeness (QED) is 0.212. The van der Waals surface area contributed by atoms with Gasteiger partial charge in [0.15, 0.2) is 17.5 Å². The Morgan fingerprint density at radius 3 is 1.23 bits per heavy atom. The third-order valence-electron chi connectivity index (χ3n) is 8.16. The van der Waals surface area contributed by atoms with Gasteiger partial charge in [-0.15, -0.1) is 0 Å². The molecule has 0 fully saturated rings. The van der Waals surface area contributed by atoms with Gasteiger partial charge in [0, 0.05) is 38.2 Å². The highest BCUT2D eigenvalue weighted by molar-refractivity contribution is 6.07. The van der Waals surface area contributed by atoms with E-state index in [9.17, 15) is 0 Å². The number of rotatable bonds is 4. The molecule has 6 aromatic carbocycles. The third kappa shape index (κ3) is 4.06. The number of hydrogen-bond acceptors (Lipinski definition) is 5. The fraction of sp³-hybridized carbons (Fsp3) is 0. The maximum absolute atomic E-state index is 6.08. The van der Waals surface area contributed by atoms with Crippen LogP contribution in [0.25, 0.3) is 89.2 Å². The van der Waals surface area contributed by atoms with Crippen molar-refractivity contribution in [3.8, 4) is 45.3 Å². The van der Waals surface area contributed by atoms with Crippen LogP contribution in [0.5, 0.6) is 0 Å². The average molecular weight is 566 g/mol. The van der Waals surface area contributed by atoms with E-state index >= 15 is 0 Å². The van der Waals surface area contributed by atoms with E-state index in [4.69, 9.17) is 23.8 Å². The SMILES string of the molecule is c1ccc(-c2ccc(-c3nc(-c4ccc5oc6ccccc6c5c4)nc(-c4ccc5oc6ccccc6c5c4)n3)cc2)cc1. The van der Waals surface area contributed by atoms with Crippen molar-refractivity contribution >= 4 is 43.9 Å². The summed E-state index contributed by atoms with van der Waals surface area (Å²) in [5.74, 6) is 1.81. The number of nitrogens with zero attached hydrogens (tertiary/aromatic N) is 3. The lowest BCUT2D eigenvalue weighted by Crippen LogP contribution is -2.00. The van der Waals surface area contributed by atoms with Crippen LogP contribution in [0, 0.1) is 0 Å². The smallest absolute Gasteiger partial charge is 0.164 e. The Hall–Kier alpha value is -6.07. The lowest BCUT2D eigenvalue weighted by molar-refractivity contribution is 0.668. The van der Waals surface area contributed by atoms with Crippen LogP contribution in [0.1, 0.15) is 0 Å².